The van der Waals surface area contributed by atoms with Crippen LogP contribution < -0.4 is 0 Å². The van der Waals surface area contributed by atoms with E-state index in [0.717, 1.165) is 16.7 Å². The minimum atomic E-state index is -0.864. The van der Waals surface area contributed by atoms with Gasteiger partial charge < -0.3 is 5.11 Å². The Bertz CT molecular complexity index is 686. The molecule has 0 saturated heterocycles. The van der Waals surface area contributed by atoms with Gasteiger partial charge in [-0.15, -0.1) is 0 Å². The van der Waals surface area contributed by atoms with E-state index in [4.69, 9.17) is 28.3 Å². The van der Waals surface area contributed by atoms with E-state index in [1.165, 1.54) is 0 Å². The van der Waals surface area contributed by atoms with Gasteiger partial charge in [0.25, 0.3) is 0 Å². The van der Waals surface area contributed by atoms with Crippen LogP contribution >= 0.6 is 23.2 Å². The molecule has 2 aromatic rings. The van der Waals surface area contributed by atoms with E-state index in [9.17, 15) is 4.79 Å². The lowest BCUT2D eigenvalue weighted by molar-refractivity contribution is -0.136. The van der Waals surface area contributed by atoms with Crippen LogP contribution in [0.4, 0.5) is 0 Å². The van der Waals surface area contributed by atoms with Crippen molar-refractivity contribution in [2.24, 2.45) is 0 Å². The highest BCUT2D eigenvalue weighted by atomic mass is 35.5. The van der Waals surface area contributed by atoms with Gasteiger partial charge in [-0.3, -0.25) is 4.79 Å². The second-order valence-corrected chi connectivity index (χ2v) is 5.50. The number of benzene rings is 2. The number of hydrogen-bond donors (Lipinski definition) is 1. The summed E-state index contributed by atoms with van der Waals surface area (Å²) in [5.74, 6) is -0.864. The smallest absolute Gasteiger partial charge is 0.307 e. The first-order valence-corrected chi connectivity index (χ1v) is 7.42. The Balaban J connectivity index is 2.43. The first kappa shape index (κ1) is 16.3. The summed E-state index contributed by atoms with van der Waals surface area (Å²) in [5, 5.41) is 9.96. The summed E-state index contributed by atoms with van der Waals surface area (Å²) in [4.78, 5) is 10.6. The number of halogens is 2. The summed E-state index contributed by atoms with van der Waals surface area (Å²) in [5.41, 5.74) is 2.80. The average molecular weight is 333 g/mol. The molecule has 0 radical (unpaired) electrons. The van der Waals surface area contributed by atoms with Crippen LogP contribution in [-0.4, -0.2) is 11.1 Å². The van der Waals surface area contributed by atoms with Crippen molar-refractivity contribution in [3.8, 4) is 0 Å². The summed E-state index contributed by atoms with van der Waals surface area (Å²) in [7, 11) is 0. The van der Waals surface area contributed by atoms with Gasteiger partial charge in [0, 0.05) is 10.0 Å². The van der Waals surface area contributed by atoms with E-state index in [0.29, 0.717) is 10.0 Å². The predicted octanol–water partition coefficient (Wildman–Crippen LogP) is 5.46. The molecule has 0 aliphatic carbocycles. The number of allylic oxidation sites excluding steroid dienone is 2. The van der Waals surface area contributed by atoms with Crippen LogP contribution in [0, 0.1) is 0 Å². The maximum atomic E-state index is 10.6. The number of aliphatic carboxylic acids is 1. The molecule has 0 spiro atoms. The molecule has 0 aliphatic rings. The molecule has 112 valence electrons. The molecule has 0 amide bonds. The van der Waals surface area contributed by atoms with Gasteiger partial charge in [0.05, 0.1) is 6.42 Å². The fraction of sp³-hybridized carbons (Fsp3) is 0.0556. The van der Waals surface area contributed by atoms with Crippen LogP contribution in [0.2, 0.25) is 10.0 Å². The van der Waals surface area contributed by atoms with Crippen LogP contribution in [0.25, 0.3) is 5.57 Å². The van der Waals surface area contributed by atoms with Crippen LogP contribution in [0.5, 0.6) is 0 Å². The minimum Gasteiger partial charge on any atom is -0.481 e. The Morgan fingerprint density at radius 2 is 1.55 bits per heavy atom. The lowest BCUT2D eigenvalue weighted by Gasteiger charge is -2.09. The van der Waals surface area contributed by atoms with E-state index in [1.807, 2.05) is 42.5 Å². The van der Waals surface area contributed by atoms with Gasteiger partial charge >= 0.3 is 5.97 Å². The number of carboxylic acid groups (broad SMARTS) is 1. The number of carboxylic acids is 1. The van der Waals surface area contributed by atoms with E-state index >= 15 is 0 Å². The molecule has 0 aliphatic heterocycles. The van der Waals surface area contributed by atoms with Gasteiger partial charge in [0.15, 0.2) is 0 Å². The zero-order chi connectivity index (χ0) is 15.9. The lowest BCUT2D eigenvalue weighted by atomic mass is 9.97. The van der Waals surface area contributed by atoms with Crippen molar-refractivity contribution in [3.05, 3.63) is 87.9 Å². The largest absolute Gasteiger partial charge is 0.481 e. The molecule has 1 N–H and O–H groups in total. The van der Waals surface area contributed by atoms with Crippen molar-refractivity contribution in [2.75, 3.05) is 0 Å². The van der Waals surface area contributed by atoms with Gasteiger partial charge in [-0.1, -0.05) is 65.7 Å². The molecular weight excluding hydrogens is 319 g/mol. The second-order valence-electron chi connectivity index (χ2n) is 4.63. The van der Waals surface area contributed by atoms with Crippen molar-refractivity contribution in [1.82, 2.24) is 0 Å². The highest BCUT2D eigenvalue weighted by Crippen LogP contribution is 2.27. The third-order valence-corrected chi connectivity index (χ3v) is 3.43. The van der Waals surface area contributed by atoms with Crippen molar-refractivity contribution in [2.45, 2.75) is 6.42 Å². The van der Waals surface area contributed by atoms with Crippen LogP contribution in [0.15, 0.2) is 66.8 Å². The number of carbonyl (C=O) groups is 1. The molecule has 0 saturated carbocycles. The third-order valence-electron chi connectivity index (χ3n) is 2.96. The SMILES string of the molecule is O=C(O)C/C=C/C=C(c1cccc(Cl)c1)c1cccc(Cl)c1. The summed E-state index contributed by atoms with van der Waals surface area (Å²) >= 11 is 12.1. The van der Waals surface area contributed by atoms with E-state index in [-0.39, 0.29) is 6.42 Å². The molecule has 22 heavy (non-hydrogen) atoms. The zero-order valence-electron chi connectivity index (χ0n) is 11.7. The normalized spacial score (nSPS) is 10.6. The predicted molar refractivity (Wildman–Crippen MR) is 91.4 cm³/mol. The summed E-state index contributed by atoms with van der Waals surface area (Å²) in [6, 6.07) is 15.0. The monoisotopic (exact) mass is 332 g/mol. The molecule has 0 atom stereocenters. The van der Waals surface area contributed by atoms with E-state index < -0.39 is 5.97 Å². The van der Waals surface area contributed by atoms with E-state index in [1.54, 1.807) is 24.3 Å². The van der Waals surface area contributed by atoms with Gasteiger partial charge in [-0.05, 0) is 41.0 Å². The first-order valence-electron chi connectivity index (χ1n) is 6.67. The van der Waals surface area contributed by atoms with Crippen LogP contribution in [-0.2, 0) is 4.79 Å². The molecule has 2 nitrogen and oxygen atoms in total. The molecule has 0 fully saturated rings. The lowest BCUT2D eigenvalue weighted by Crippen LogP contribution is -1.90. The molecular formula is C18H14Cl2O2. The Hall–Kier alpha value is -2.03. The topological polar surface area (TPSA) is 37.3 Å². The standard InChI is InChI=1S/C18H14Cl2O2/c19-15-7-3-5-13(11-15)17(9-1-2-10-18(21)22)14-6-4-8-16(20)12-14/h1-9,11-12H,10H2,(H,21,22)/b2-1+. The summed E-state index contributed by atoms with van der Waals surface area (Å²) < 4.78 is 0. The van der Waals surface area contributed by atoms with Crippen molar-refractivity contribution in [1.29, 1.82) is 0 Å². The fourth-order valence-corrected chi connectivity index (χ4v) is 2.38. The Kier molecular flexibility index (Phi) is 5.82. The molecule has 0 heterocycles. The molecule has 0 bridgehead atoms. The Labute approximate surface area is 139 Å². The molecule has 2 aromatic carbocycles. The van der Waals surface area contributed by atoms with Gasteiger partial charge in [-0.25, -0.2) is 0 Å². The highest BCUT2D eigenvalue weighted by molar-refractivity contribution is 6.31. The fourth-order valence-electron chi connectivity index (χ4n) is 2.00. The van der Waals surface area contributed by atoms with Gasteiger partial charge in [-0.2, -0.15) is 0 Å². The highest BCUT2D eigenvalue weighted by Gasteiger charge is 2.05. The molecule has 0 unspecified atom stereocenters. The molecule has 4 heteroatoms. The number of rotatable bonds is 5. The quantitative estimate of drug-likeness (QED) is 0.738. The molecule has 2 rings (SSSR count). The third kappa shape index (κ3) is 4.76. The van der Waals surface area contributed by atoms with Crippen molar-refractivity contribution in [3.63, 3.8) is 0 Å². The van der Waals surface area contributed by atoms with Crippen molar-refractivity contribution < 1.29 is 9.90 Å². The second kappa shape index (κ2) is 7.83. The summed E-state index contributed by atoms with van der Waals surface area (Å²) in [6.07, 6.45) is 5.16. The van der Waals surface area contributed by atoms with Gasteiger partial charge in [0.2, 0.25) is 0 Å². The minimum absolute atomic E-state index is 0.0190. The maximum absolute atomic E-state index is 10.6. The van der Waals surface area contributed by atoms with Gasteiger partial charge in [0.1, 0.15) is 0 Å². The van der Waals surface area contributed by atoms with E-state index in [2.05, 4.69) is 0 Å². The van der Waals surface area contributed by atoms with Crippen LogP contribution in [0.1, 0.15) is 17.5 Å². The maximum Gasteiger partial charge on any atom is 0.307 e. The van der Waals surface area contributed by atoms with Crippen LogP contribution in [0.3, 0.4) is 0 Å². The van der Waals surface area contributed by atoms with Crippen molar-refractivity contribution >= 4 is 34.7 Å². The Morgan fingerprint density at radius 1 is 1.00 bits per heavy atom. The molecule has 0 aromatic heterocycles. The average Bonchev–Trinajstić information content (AvgIpc) is 2.47. The first-order chi connectivity index (χ1) is 10.6. The Morgan fingerprint density at radius 3 is 2.00 bits per heavy atom. The summed E-state index contributed by atoms with van der Waals surface area (Å²) in [6.45, 7) is 0. The zero-order valence-corrected chi connectivity index (χ0v) is 13.2. The number of hydrogen-bond acceptors (Lipinski definition) is 1.